The Bertz CT molecular complexity index is 584. The predicted octanol–water partition coefficient (Wildman–Crippen LogP) is 1.71. The summed E-state index contributed by atoms with van der Waals surface area (Å²) < 4.78 is 38.7. The van der Waals surface area contributed by atoms with Crippen LogP contribution in [0.25, 0.3) is 0 Å². The number of amides is 1. The number of nitrogens with one attached hydrogen (secondary N) is 1. The summed E-state index contributed by atoms with van der Waals surface area (Å²) >= 11 is 0. The first kappa shape index (κ1) is 19.2. The summed E-state index contributed by atoms with van der Waals surface area (Å²) in [4.78, 5) is 25.6. The highest BCUT2D eigenvalue weighted by Crippen LogP contribution is 2.25. The highest BCUT2D eigenvalue weighted by molar-refractivity contribution is 5.75. The number of rotatable bonds is 7. The summed E-state index contributed by atoms with van der Waals surface area (Å²) in [5.41, 5.74) is -2.49. The van der Waals surface area contributed by atoms with Crippen molar-refractivity contribution in [3.63, 3.8) is 0 Å². The molecule has 0 saturated heterocycles. The molecule has 0 saturated carbocycles. The van der Waals surface area contributed by atoms with E-state index in [1.807, 2.05) is 7.05 Å². The molecule has 0 fully saturated rings. The second-order valence-electron chi connectivity index (χ2n) is 5.44. The van der Waals surface area contributed by atoms with Crippen molar-refractivity contribution in [2.45, 2.75) is 39.0 Å². The summed E-state index contributed by atoms with van der Waals surface area (Å²) in [5, 5.41) is 2.60. The molecule has 1 N–H and O–H groups in total. The Morgan fingerprint density at radius 3 is 2.65 bits per heavy atom. The average Bonchev–Trinajstić information content (AvgIpc) is 2.47. The van der Waals surface area contributed by atoms with Crippen molar-refractivity contribution in [3.05, 3.63) is 34.2 Å². The van der Waals surface area contributed by atoms with Crippen molar-refractivity contribution in [2.75, 3.05) is 20.1 Å². The minimum Gasteiger partial charge on any atom is -0.353 e. The topological polar surface area (TPSA) is 54.3 Å². The lowest BCUT2D eigenvalue weighted by atomic mass is 10.2. The largest absolute Gasteiger partial charge is 0.421 e. The molecule has 0 radical (unpaired) electrons. The molecule has 130 valence electrons. The SMILES string of the molecule is CC[C@@H](C)N(C)CCNC(=O)Cn1cccc(C(F)(F)F)c1=O. The third-order valence-corrected chi connectivity index (χ3v) is 3.77. The molecule has 1 aromatic heterocycles. The summed E-state index contributed by atoms with van der Waals surface area (Å²) in [7, 11) is 1.93. The molecular weight excluding hydrogens is 311 g/mol. The molecule has 0 bridgehead atoms. The van der Waals surface area contributed by atoms with Gasteiger partial charge in [-0.25, -0.2) is 0 Å². The number of carbonyl (C=O) groups excluding carboxylic acids is 1. The van der Waals surface area contributed by atoms with Gasteiger partial charge in [0, 0.05) is 25.3 Å². The van der Waals surface area contributed by atoms with Crippen molar-refractivity contribution < 1.29 is 18.0 Å². The number of nitrogens with zero attached hydrogens (tertiary/aromatic N) is 2. The lowest BCUT2D eigenvalue weighted by Gasteiger charge is -2.23. The molecule has 0 spiro atoms. The number of carbonyl (C=O) groups is 1. The molecule has 23 heavy (non-hydrogen) atoms. The molecular formula is C15H22F3N3O2. The Morgan fingerprint density at radius 2 is 2.09 bits per heavy atom. The van der Waals surface area contributed by atoms with Crippen LogP contribution in [-0.4, -0.2) is 41.6 Å². The second-order valence-corrected chi connectivity index (χ2v) is 5.44. The molecule has 8 heteroatoms. The zero-order chi connectivity index (χ0) is 17.6. The molecule has 0 aliphatic rings. The van der Waals surface area contributed by atoms with Crippen molar-refractivity contribution in [1.29, 1.82) is 0 Å². The minimum absolute atomic E-state index is 0.368. The zero-order valence-electron chi connectivity index (χ0n) is 13.5. The number of likely N-dealkylation sites (N-methyl/N-ethyl adjacent to an activating group) is 1. The van der Waals surface area contributed by atoms with E-state index >= 15 is 0 Å². The van der Waals surface area contributed by atoms with Crippen LogP contribution in [0.5, 0.6) is 0 Å². The fraction of sp³-hybridized carbons (Fsp3) is 0.600. The molecule has 1 rings (SSSR count). The number of aromatic nitrogens is 1. The van der Waals surface area contributed by atoms with Crippen molar-refractivity contribution >= 4 is 5.91 Å². The predicted molar refractivity (Wildman–Crippen MR) is 81.1 cm³/mol. The Hall–Kier alpha value is -1.83. The van der Waals surface area contributed by atoms with E-state index in [1.54, 1.807) is 0 Å². The van der Waals surface area contributed by atoms with Crippen molar-refractivity contribution in [2.24, 2.45) is 0 Å². The minimum atomic E-state index is -4.73. The molecule has 0 aliphatic heterocycles. The number of halogens is 3. The first-order valence-electron chi connectivity index (χ1n) is 7.40. The normalized spacial score (nSPS) is 13.2. The quantitative estimate of drug-likeness (QED) is 0.827. The molecule has 0 aromatic carbocycles. The van der Waals surface area contributed by atoms with E-state index in [-0.39, 0.29) is 0 Å². The first-order chi connectivity index (χ1) is 10.7. The summed E-state index contributed by atoms with van der Waals surface area (Å²) in [5.74, 6) is -0.496. The van der Waals surface area contributed by atoms with Crippen LogP contribution in [0.3, 0.4) is 0 Å². The van der Waals surface area contributed by atoms with Gasteiger partial charge in [-0.2, -0.15) is 13.2 Å². The van der Waals surface area contributed by atoms with Crippen LogP contribution in [0.2, 0.25) is 0 Å². The molecule has 5 nitrogen and oxygen atoms in total. The maximum absolute atomic E-state index is 12.6. The van der Waals surface area contributed by atoms with Crippen LogP contribution in [0.15, 0.2) is 23.1 Å². The van der Waals surface area contributed by atoms with Crippen LogP contribution >= 0.6 is 0 Å². The van der Waals surface area contributed by atoms with Crippen LogP contribution in [0.1, 0.15) is 25.8 Å². The fourth-order valence-corrected chi connectivity index (χ4v) is 1.99. The average molecular weight is 333 g/mol. The van der Waals surface area contributed by atoms with Gasteiger partial charge in [-0.3, -0.25) is 9.59 Å². The molecule has 1 aromatic rings. The third-order valence-electron chi connectivity index (χ3n) is 3.77. The van der Waals surface area contributed by atoms with E-state index < -0.39 is 29.8 Å². The number of alkyl halides is 3. The van der Waals surface area contributed by atoms with Crippen LogP contribution < -0.4 is 10.9 Å². The Labute approximate surface area is 133 Å². The fourth-order valence-electron chi connectivity index (χ4n) is 1.99. The Kier molecular flexibility index (Phi) is 6.80. The molecule has 1 heterocycles. The molecule has 0 unspecified atom stereocenters. The first-order valence-corrected chi connectivity index (χ1v) is 7.40. The summed E-state index contributed by atoms with van der Waals surface area (Å²) in [6.45, 7) is 4.67. The number of hydrogen-bond donors (Lipinski definition) is 1. The zero-order valence-corrected chi connectivity index (χ0v) is 13.5. The highest BCUT2D eigenvalue weighted by atomic mass is 19.4. The standard InChI is InChI=1S/C15H22F3N3O2/c1-4-11(2)20(3)9-7-19-13(22)10-21-8-5-6-12(14(21)23)15(16,17)18/h5-6,8,11H,4,7,9-10H2,1-3H3,(H,19,22)/t11-/m1/s1. The maximum atomic E-state index is 12.6. The van der Waals surface area contributed by atoms with E-state index in [4.69, 9.17) is 0 Å². The van der Waals surface area contributed by atoms with E-state index in [0.29, 0.717) is 25.2 Å². The molecule has 1 amide bonds. The van der Waals surface area contributed by atoms with Gasteiger partial charge in [0.25, 0.3) is 5.56 Å². The van der Waals surface area contributed by atoms with Gasteiger partial charge in [-0.15, -0.1) is 0 Å². The monoisotopic (exact) mass is 333 g/mol. The smallest absolute Gasteiger partial charge is 0.353 e. The van der Waals surface area contributed by atoms with Gasteiger partial charge in [-0.05, 0) is 32.5 Å². The van der Waals surface area contributed by atoms with Gasteiger partial charge in [0.05, 0.1) is 0 Å². The van der Waals surface area contributed by atoms with Crippen LogP contribution in [-0.2, 0) is 17.5 Å². The van der Waals surface area contributed by atoms with E-state index in [1.165, 1.54) is 6.20 Å². The highest BCUT2D eigenvalue weighted by Gasteiger charge is 2.34. The number of pyridine rings is 1. The van der Waals surface area contributed by atoms with Gasteiger partial charge < -0.3 is 14.8 Å². The Balaban J connectivity index is 2.61. The van der Waals surface area contributed by atoms with E-state index in [0.717, 1.165) is 17.1 Å². The van der Waals surface area contributed by atoms with Crippen LogP contribution in [0, 0.1) is 0 Å². The van der Waals surface area contributed by atoms with Gasteiger partial charge in [0.2, 0.25) is 5.91 Å². The van der Waals surface area contributed by atoms with E-state index in [9.17, 15) is 22.8 Å². The lowest BCUT2D eigenvalue weighted by Crippen LogP contribution is -2.39. The van der Waals surface area contributed by atoms with Gasteiger partial charge >= 0.3 is 6.18 Å². The maximum Gasteiger partial charge on any atom is 0.421 e. The van der Waals surface area contributed by atoms with Crippen LogP contribution in [0.4, 0.5) is 13.2 Å². The molecule has 0 aliphatic carbocycles. The van der Waals surface area contributed by atoms with E-state index in [2.05, 4.69) is 24.1 Å². The van der Waals surface area contributed by atoms with Gasteiger partial charge in [0.1, 0.15) is 12.1 Å². The van der Waals surface area contributed by atoms with Crippen molar-refractivity contribution in [1.82, 2.24) is 14.8 Å². The molecule has 1 atom stereocenters. The summed E-state index contributed by atoms with van der Waals surface area (Å²) in [6.07, 6.45) is -2.58. The lowest BCUT2D eigenvalue weighted by molar-refractivity contribution is -0.139. The second kappa shape index (κ2) is 8.14. The third kappa shape index (κ3) is 5.70. The van der Waals surface area contributed by atoms with Gasteiger partial charge in [0.15, 0.2) is 0 Å². The summed E-state index contributed by atoms with van der Waals surface area (Å²) in [6, 6.07) is 2.18. The number of hydrogen-bond acceptors (Lipinski definition) is 3. The Morgan fingerprint density at radius 1 is 1.43 bits per heavy atom. The van der Waals surface area contributed by atoms with Gasteiger partial charge in [-0.1, -0.05) is 6.92 Å². The van der Waals surface area contributed by atoms with Crippen molar-refractivity contribution in [3.8, 4) is 0 Å².